The van der Waals surface area contributed by atoms with Gasteiger partial charge in [-0.1, -0.05) is 35.5 Å². The highest BCUT2D eigenvalue weighted by molar-refractivity contribution is 7.89. The number of hydrogen-bond acceptors (Lipinski definition) is 5. The minimum Gasteiger partial charge on any atom is -0.390 e. The number of fused-ring (bicyclic) bond motifs is 1. The quantitative estimate of drug-likeness (QED) is 0.633. The molecule has 4 rings (SSSR count). The molecule has 0 bridgehead atoms. The van der Waals surface area contributed by atoms with Crippen molar-refractivity contribution in [3.8, 4) is 0 Å². The lowest BCUT2D eigenvalue weighted by Gasteiger charge is -2.30. The molecule has 1 aromatic heterocycles. The predicted molar refractivity (Wildman–Crippen MR) is 106 cm³/mol. The molecule has 1 unspecified atom stereocenters. The molecule has 7 nitrogen and oxygen atoms in total. The van der Waals surface area contributed by atoms with E-state index in [2.05, 4.69) is 17.2 Å². The van der Waals surface area contributed by atoms with Crippen molar-refractivity contribution in [2.75, 3.05) is 13.1 Å². The Morgan fingerprint density at radius 3 is 2.89 bits per heavy atom. The molecular weight excluding hydrogens is 400 g/mol. The summed E-state index contributed by atoms with van der Waals surface area (Å²) in [6, 6.07) is 12.1. The maximum Gasteiger partial charge on any atom is 0.243 e. The first-order chi connectivity index (χ1) is 13.4. The Balaban J connectivity index is 1.60. The monoisotopic (exact) mass is 420 g/mol. The first kappa shape index (κ1) is 19.2. The highest BCUT2D eigenvalue weighted by atomic mass is 35.5. The zero-order valence-electron chi connectivity index (χ0n) is 15.5. The Kier molecular flexibility index (Phi) is 5.27. The van der Waals surface area contributed by atoms with Crippen LogP contribution >= 0.6 is 11.6 Å². The summed E-state index contributed by atoms with van der Waals surface area (Å²) in [5.74, 6) is 0.362. The largest absolute Gasteiger partial charge is 0.390 e. The van der Waals surface area contributed by atoms with Crippen molar-refractivity contribution in [2.45, 2.75) is 31.3 Å². The van der Waals surface area contributed by atoms with E-state index in [1.807, 2.05) is 12.1 Å². The van der Waals surface area contributed by atoms with Gasteiger partial charge in [0.1, 0.15) is 17.6 Å². The zero-order valence-corrected chi connectivity index (χ0v) is 17.0. The van der Waals surface area contributed by atoms with Crippen molar-refractivity contribution in [1.82, 2.24) is 19.5 Å². The second-order valence-corrected chi connectivity index (χ2v) is 9.50. The van der Waals surface area contributed by atoms with Crippen LogP contribution < -0.4 is 4.84 Å². The molecule has 3 aromatic rings. The van der Waals surface area contributed by atoms with Gasteiger partial charge < -0.3 is 4.84 Å². The van der Waals surface area contributed by atoms with E-state index in [1.54, 1.807) is 34.6 Å². The van der Waals surface area contributed by atoms with Gasteiger partial charge in [-0.05, 0) is 59.9 Å². The summed E-state index contributed by atoms with van der Waals surface area (Å²) in [6.07, 6.45) is 1.93. The molecule has 1 atom stereocenters. The smallest absolute Gasteiger partial charge is 0.243 e. The molecule has 1 saturated heterocycles. The van der Waals surface area contributed by atoms with Crippen LogP contribution in [0.15, 0.2) is 47.4 Å². The molecule has 9 heteroatoms. The van der Waals surface area contributed by atoms with E-state index in [0.29, 0.717) is 35.1 Å². The molecule has 0 spiro atoms. The number of nitrogens with zero attached hydrogens (tertiary/aromatic N) is 4. The van der Waals surface area contributed by atoms with Gasteiger partial charge in [-0.2, -0.15) is 4.31 Å². The Labute approximate surface area is 168 Å². The molecule has 2 heterocycles. The van der Waals surface area contributed by atoms with Gasteiger partial charge in [-0.3, -0.25) is 0 Å². The van der Waals surface area contributed by atoms with E-state index in [-0.39, 0.29) is 11.5 Å². The van der Waals surface area contributed by atoms with Crippen molar-refractivity contribution in [1.29, 1.82) is 0 Å². The summed E-state index contributed by atoms with van der Waals surface area (Å²) in [5.41, 5.74) is 1.95. The zero-order chi connectivity index (χ0) is 19.7. The molecule has 2 aromatic carbocycles. The number of piperidine rings is 1. The molecule has 1 aliphatic rings. The molecule has 0 N–H and O–H groups in total. The van der Waals surface area contributed by atoms with Gasteiger partial charge in [0.15, 0.2) is 0 Å². The van der Waals surface area contributed by atoms with Crippen molar-refractivity contribution >= 4 is 32.7 Å². The van der Waals surface area contributed by atoms with Crippen LogP contribution in [-0.2, 0) is 16.6 Å². The average Bonchev–Trinajstić information content (AvgIpc) is 3.09. The molecule has 0 radical (unpaired) electrons. The molecular formula is C19H21ClN4O3S. The van der Waals surface area contributed by atoms with Crippen LogP contribution in [0.25, 0.3) is 11.0 Å². The molecule has 0 aliphatic carbocycles. The van der Waals surface area contributed by atoms with Crippen molar-refractivity contribution in [3.05, 3.63) is 53.1 Å². The van der Waals surface area contributed by atoms with Gasteiger partial charge in [-0.15, -0.1) is 5.10 Å². The third kappa shape index (κ3) is 3.85. The van der Waals surface area contributed by atoms with Gasteiger partial charge in [0, 0.05) is 18.1 Å². The van der Waals surface area contributed by atoms with Gasteiger partial charge >= 0.3 is 0 Å². The molecule has 148 valence electrons. The fourth-order valence-electron chi connectivity index (χ4n) is 3.41. The number of aromatic nitrogens is 3. The summed E-state index contributed by atoms with van der Waals surface area (Å²) < 4.78 is 27.7. The summed E-state index contributed by atoms with van der Waals surface area (Å²) in [7, 11) is -3.56. The predicted octanol–water partition coefficient (Wildman–Crippen LogP) is 3.13. The highest BCUT2D eigenvalue weighted by Gasteiger charge is 2.29. The van der Waals surface area contributed by atoms with Crippen LogP contribution in [0.3, 0.4) is 0 Å². The molecule has 0 saturated carbocycles. The summed E-state index contributed by atoms with van der Waals surface area (Å²) in [6.45, 7) is 3.41. The third-order valence-corrected chi connectivity index (χ3v) is 6.98. The van der Waals surface area contributed by atoms with Crippen LogP contribution in [0.5, 0.6) is 0 Å². The fraction of sp³-hybridized carbons (Fsp3) is 0.368. The normalized spacial score (nSPS) is 18.4. The summed E-state index contributed by atoms with van der Waals surface area (Å²) in [4.78, 5) is 7.19. The minimum absolute atomic E-state index is 0.226. The Morgan fingerprint density at radius 2 is 2.11 bits per heavy atom. The van der Waals surface area contributed by atoms with E-state index in [4.69, 9.17) is 16.4 Å². The van der Waals surface area contributed by atoms with Crippen molar-refractivity contribution in [2.24, 2.45) is 5.92 Å². The lowest BCUT2D eigenvalue weighted by Crippen LogP contribution is -2.39. The summed E-state index contributed by atoms with van der Waals surface area (Å²) >= 11 is 5.99. The Bertz CT molecular complexity index is 1100. The van der Waals surface area contributed by atoms with Gasteiger partial charge in [0.25, 0.3) is 0 Å². The number of benzene rings is 2. The van der Waals surface area contributed by atoms with Crippen molar-refractivity contribution < 1.29 is 13.3 Å². The second-order valence-electron chi connectivity index (χ2n) is 7.13. The standard InChI is InChI=1S/C19H21ClN4O3S/c1-14-4-3-9-23(12-14)28(25,26)17-7-8-18-19(11-17)24(22-21-18)27-13-15-5-2-6-16(20)10-15/h2,5-8,10-11,14H,3-4,9,12-13H2,1H3. The first-order valence-corrected chi connectivity index (χ1v) is 11.0. The van der Waals surface area contributed by atoms with Gasteiger partial charge in [0.05, 0.1) is 4.90 Å². The van der Waals surface area contributed by atoms with E-state index in [0.717, 1.165) is 18.4 Å². The molecule has 0 amide bonds. The lowest BCUT2D eigenvalue weighted by atomic mass is 10.0. The Morgan fingerprint density at radius 1 is 1.25 bits per heavy atom. The minimum atomic E-state index is -3.56. The maximum atomic E-state index is 13.0. The number of sulfonamides is 1. The van der Waals surface area contributed by atoms with Crippen LogP contribution in [0.2, 0.25) is 5.02 Å². The number of rotatable bonds is 5. The fourth-order valence-corrected chi connectivity index (χ4v) is 5.24. The second kappa shape index (κ2) is 7.69. The van der Waals surface area contributed by atoms with Crippen molar-refractivity contribution in [3.63, 3.8) is 0 Å². The Hall–Kier alpha value is -2.16. The highest BCUT2D eigenvalue weighted by Crippen LogP contribution is 2.25. The van der Waals surface area contributed by atoms with Gasteiger partial charge in [-0.25, -0.2) is 8.42 Å². The summed E-state index contributed by atoms with van der Waals surface area (Å²) in [5, 5.41) is 8.65. The molecule has 1 fully saturated rings. The third-order valence-electron chi connectivity index (χ3n) is 4.89. The lowest BCUT2D eigenvalue weighted by molar-refractivity contribution is 0.0751. The SMILES string of the molecule is CC1CCCN(S(=O)(=O)c2ccc3nnn(OCc4cccc(Cl)c4)c3c2)C1. The van der Waals surface area contributed by atoms with Crippen LogP contribution in [-0.4, -0.2) is 41.0 Å². The first-order valence-electron chi connectivity index (χ1n) is 9.17. The number of halogens is 1. The molecule has 28 heavy (non-hydrogen) atoms. The maximum absolute atomic E-state index is 13.0. The number of hydrogen-bond donors (Lipinski definition) is 0. The van der Waals surface area contributed by atoms with Crippen LogP contribution in [0.1, 0.15) is 25.3 Å². The van der Waals surface area contributed by atoms with E-state index in [1.165, 1.54) is 4.85 Å². The van der Waals surface area contributed by atoms with Crippen LogP contribution in [0.4, 0.5) is 0 Å². The van der Waals surface area contributed by atoms with E-state index < -0.39 is 10.0 Å². The van der Waals surface area contributed by atoms with E-state index >= 15 is 0 Å². The van der Waals surface area contributed by atoms with E-state index in [9.17, 15) is 8.42 Å². The van der Waals surface area contributed by atoms with Gasteiger partial charge in [0.2, 0.25) is 10.0 Å². The van der Waals surface area contributed by atoms with Crippen LogP contribution in [0, 0.1) is 5.92 Å². The topological polar surface area (TPSA) is 77.3 Å². The average molecular weight is 421 g/mol. The molecule has 1 aliphatic heterocycles.